The molecule has 1 saturated heterocycles. The van der Waals surface area contributed by atoms with Crippen molar-refractivity contribution in [2.45, 2.75) is 18.1 Å². The molecular formula is C11H11F3N2O2. The Morgan fingerprint density at radius 2 is 2.22 bits per heavy atom. The third kappa shape index (κ3) is 2.23. The molecule has 0 radical (unpaired) electrons. The van der Waals surface area contributed by atoms with Crippen LogP contribution in [0.1, 0.15) is 22.3 Å². The van der Waals surface area contributed by atoms with E-state index in [-0.39, 0.29) is 19.6 Å². The maximum absolute atomic E-state index is 12.8. The van der Waals surface area contributed by atoms with Crippen molar-refractivity contribution in [3.05, 3.63) is 29.6 Å². The summed E-state index contributed by atoms with van der Waals surface area (Å²) in [5, 5.41) is 0. The van der Waals surface area contributed by atoms with E-state index in [0.717, 1.165) is 18.5 Å². The Morgan fingerprint density at radius 3 is 2.78 bits per heavy atom. The highest BCUT2D eigenvalue weighted by Gasteiger charge is 2.43. The summed E-state index contributed by atoms with van der Waals surface area (Å²) in [6.07, 6.45) is -2.51. The molecule has 18 heavy (non-hydrogen) atoms. The van der Waals surface area contributed by atoms with E-state index in [0.29, 0.717) is 0 Å². The lowest BCUT2D eigenvalue weighted by Gasteiger charge is -2.21. The van der Waals surface area contributed by atoms with E-state index in [1.54, 1.807) is 0 Å². The number of carbonyl (C=O) groups excluding carboxylic acids is 1. The van der Waals surface area contributed by atoms with Crippen LogP contribution in [-0.2, 0) is 10.9 Å². The number of halogens is 3. The molecule has 2 heterocycles. The number of ketones is 1. The Morgan fingerprint density at radius 1 is 1.50 bits per heavy atom. The molecule has 1 atom stereocenters. The van der Waals surface area contributed by atoms with Crippen molar-refractivity contribution in [2.24, 2.45) is 5.73 Å². The summed E-state index contributed by atoms with van der Waals surface area (Å²) in [4.78, 5) is 15.7. The van der Waals surface area contributed by atoms with Crippen LogP contribution in [0, 0.1) is 0 Å². The number of pyridine rings is 1. The van der Waals surface area contributed by atoms with Gasteiger partial charge in [-0.2, -0.15) is 13.2 Å². The number of ether oxygens (including phenoxy) is 1. The smallest absolute Gasteiger partial charge is 0.379 e. The average Bonchev–Trinajstić information content (AvgIpc) is 2.75. The van der Waals surface area contributed by atoms with E-state index in [9.17, 15) is 18.0 Å². The molecule has 1 aromatic heterocycles. The molecule has 98 valence electrons. The molecule has 2 N–H and O–H groups in total. The molecule has 0 aliphatic carbocycles. The second kappa shape index (κ2) is 4.33. The van der Waals surface area contributed by atoms with Crippen molar-refractivity contribution >= 4 is 5.78 Å². The molecule has 4 nitrogen and oxygen atoms in total. The molecule has 1 fully saturated rings. The number of Topliss-reactive ketones (excluding diaryl/α,β-unsaturated/α-hetero) is 1. The second-order valence-corrected chi connectivity index (χ2v) is 4.21. The summed E-state index contributed by atoms with van der Waals surface area (Å²) < 4.78 is 43.3. The van der Waals surface area contributed by atoms with Gasteiger partial charge in [0.1, 0.15) is 5.54 Å². The first-order valence-electron chi connectivity index (χ1n) is 5.27. The van der Waals surface area contributed by atoms with Gasteiger partial charge >= 0.3 is 6.18 Å². The van der Waals surface area contributed by atoms with Gasteiger partial charge < -0.3 is 10.5 Å². The molecule has 0 amide bonds. The molecule has 1 aliphatic heterocycles. The van der Waals surface area contributed by atoms with Crippen molar-refractivity contribution < 1.29 is 22.7 Å². The zero-order valence-corrected chi connectivity index (χ0v) is 9.33. The predicted molar refractivity (Wildman–Crippen MR) is 55.9 cm³/mol. The highest BCUT2D eigenvalue weighted by molar-refractivity contribution is 6.04. The lowest BCUT2D eigenvalue weighted by molar-refractivity contribution is -0.138. The molecule has 1 unspecified atom stereocenters. The lowest BCUT2D eigenvalue weighted by Crippen LogP contribution is -2.49. The summed E-state index contributed by atoms with van der Waals surface area (Å²) in [6, 6.07) is 0.770. The minimum atomic E-state index is -4.61. The van der Waals surface area contributed by atoms with Gasteiger partial charge in [0, 0.05) is 19.0 Å². The second-order valence-electron chi connectivity index (χ2n) is 4.21. The average molecular weight is 260 g/mol. The van der Waals surface area contributed by atoms with E-state index < -0.39 is 28.6 Å². The van der Waals surface area contributed by atoms with Gasteiger partial charge in [-0.05, 0) is 12.5 Å². The number of hydrogen-bond donors (Lipinski definition) is 1. The van der Waals surface area contributed by atoms with Gasteiger partial charge in [-0.15, -0.1) is 0 Å². The van der Waals surface area contributed by atoms with Crippen LogP contribution in [-0.4, -0.2) is 29.5 Å². The molecule has 0 spiro atoms. The van der Waals surface area contributed by atoms with Crippen molar-refractivity contribution in [1.29, 1.82) is 0 Å². The van der Waals surface area contributed by atoms with Crippen LogP contribution in [0.25, 0.3) is 0 Å². The number of rotatable bonds is 2. The predicted octanol–water partition coefficient (Wildman–Crippen LogP) is 1.40. The Balaban J connectivity index is 2.42. The van der Waals surface area contributed by atoms with Crippen LogP contribution in [0.4, 0.5) is 13.2 Å². The van der Waals surface area contributed by atoms with Crippen LogP contribution < -0.4 is 5.73 Å². The Hall–Kier alpha value is -1.47. The summed E-state index contributed by atoms with van der Waals surface area (Å²) in [6.45, 7) is 0.196. The van der Waals surface area contributed by atoms with Crippen molar-refractivity contribution in [3.63, 3.8) is 0 Å². The summed E-state index contributed by atoms with van der Waals surface area (Å²) >= 11 is 0. The van der Waals surface area contributed by atoms with Gasteiger partial charge in [0.25, 0.3) is 0 Å². The molecule has 2 rings (SSSR count). The highest BCUT2D eigenvalue weighted by atomic mass is 19.4. The lowest BCUT2D eigenvalue weighted by atomic mass is 9.88. The van der Waals surface area contributed by atoms with Crippen molar-refractivity contribution in [2.75, 3.05) is 13.2 Å². The zero-order chi connectivity index (χ0) is 13.4. The normalized spacial score (nSPS) is 24.2. The van der Waals surface area contributed by atoms with Gasteiger partial charge in [0.2, 0.25) is 0 Å². The number of alkyl halides is 3. The first-order chi connectivity index (χ1) is 8.34. The minimum Gasteiger partial charge on any atom is -0.379 e. The number of nitrogens with two attached hydrogens (primary N) is 1. The topological polar surface area (TPSA) is 65.2 Å². The third-order valence-corrected chi connectivity index (χ3v) is 2.88. The van der Waals surface area contributed by atoms with Gasteiger partial charge in [-0.1, -0.05) is 0 Å². The van der Waals surface area contributed by atoms with Crippen LogP contribution in [0.2, 0.25) is 0 Å². The van der Waals surface area contributed by atoms with E-state index in [1.807, 2.05) is 0 Å². The fourth-order valence-electron chi connectivity index (χ4n) is 1.85. The van der Waals surface area contributed by atoms with E-state index in [1.165, 1.54) is 0 Å². The number of hydrogen-bond acceptors (Lipinski definition) is 4. The van der Waals surface area contributed by atoms with E-state index >= 15 is 0 Å². The minimum absolute atomic E-state index is 0.0714. The summed E-state index contributed by atoms with van der Waals surface area (Å²) in [7, 11) is 0. The van der Waals surface area contributed by atoms with Gasteiger partial charge in [0.05, 0.1) is 17.7 Å². The highest BCUT2D eigenvalue weighted by Crippen LogP contribution is 2.33. The standard InChI is InChI=1S/C11H11F3N2O2/c12-11(13,14)8-1-3-16-5-7(8)9(17)10(15)2-4-18-6-10/h1,3,5H,2,4,6,15H2. The van der Waals surface area contributed by atoms with Crippen molar-refractivity contribution in [1.82, 2.24) is 4.98 Å². The molecule has 1 aromatic rings. The first-order valence-corrected chi connectivity index (χ1v) is 5.27. The summed E-state index contributed by atoms with van der Waals surface area (Å²) in [5.74, 6) is -0.777. The quantitative estimate of drug-likeness (QED) is 0.816. The Kier molecular flexibility index (Phi) is 3.12. The molecule has 0 aromatic carbocycles. The van der Waals surface area contributed by atoms with E-state index in [4.69, 9.17) is 10.5 Å². The van der Waals surface area contributed by atoms with Crippen LogP contribution >= 0.6 is 0 Å². The first kappa shape index (κ1) is 13.0. The molecule has 7 heteroatoms. The molecule has 0 bridgehead atoms. The van der Waals surface area contributed by atoms with Crippen LogP contribution in [0.15, 0.2) is 18.5 Å². The maximum atomic E-state index is 12.8. The van der Waals surface area contributed by atoms with Gasteiger partial charge in [-0.25, -0.2) is 0 Å². The van der Waals surface area contributed by atoms with Crippen LogP contribution in [0.5, 0.6) is 0 Å². The summed E-state index contributed by atoms with van der Waals surface area (Å²) in [5.41, 5.74) is 2.87. The Labute approximate surface area is 101 Å². The number of carbonyl (C=O) groups is 1. The monoisotopic (exact) mass is 260 g/mol. The third-order valence-electron chi connectivity index (χ3n) is 2.88. The SMILES string of the molecule is NC1(C(=O)c2cnccc2C(F)(F)F)CCOC1. The van der Waals surface area contributed by atoms with E-state index in [2.05, 4.69) is 4.98 Å². The zero-order valence-electron chi connectivity index (χ0n) is 9.33. The maximum Gasteiger partial charge on any atom is 0.417 e. The fourth-order valence-corrected chi connectivity index (χ4v) is 1.85. The fraction of sp³-hybridized carbons (Fsp3) is 0.455. The molecular weight excluding hydrogens is 249 g/mol. The molecule has 0 saturated carbocycles. The largest absolute Gasteiger partial charge is 0.417 e. The van der Waals surface area contributed by atoms with Gasteiger partial charge in [-0.3, -0.25) is 9.78 Å². The Bertz CT molecular complexity index is 468. The van der Waals surface area contributed by atoms with Gasteiger partial charge in [0.15, 0.2) is 5.78 Å². The van der Waals surface area contributed by atoms with Crippen molar-refractivity contribution in [3.8, 4) is 0 Å². The van der Waals surface area contributed by atoms with Crippen LogP contribution in [0.3, 0.4) is 0 Å². The number of nitrogens with zero attached hydrogens (tertiary/aromatic N) is 1. The molecule has 1 aliphatic rings. The number of aromatic nitrogens is 1.